The van der Waals surface area contributed by atoms with Crippen LogP contribution in [0.5, 0.6) is 0 Å². The minimum absolute atomic E-state index is 0.497. The summed E-state index contributed by atoms with van der Waals surface area (Å²) in [5, 5.41) is 9.21. The van der Waals surface area contributed by atoms with Crippen LogP contribution in [0.2, 0.25) is 0 Å². The molecule has 0 amide bonds. The maximum atomic E-state index is 4.17. The average Bonchev–Trinajstić information content (AvgIpc) is 3.23. The average molecular weight is 253 g/mol. The number of guanidine groups is 1. The second kappa shape index (κ2) is 4.92. The monoisotopic (exact) mass is 253 g/mol. The Balaban J connectivity index is 1.84. The molecule has 1 aliphatic carbocycles. The van der Waals surface area contributed by atoms with Crippen molar-refractivity contribution in [2.75, 3.05) is 14.1 Å². The Morgan fingerprint density at radius 1 is 1.16 bits per heavy atom. The Bertz CT molecular complexity index is 613. The zero-order chi connectivity index (χ0) is 13.2. The lowest BCUT2D eigenvalue weighted by Crippen LogP contribution is -2.36. The Morgan fingerprint density at radius 2 is 1.95 bits per heavy atom. The zero-order valence-electron chi connectivity index (χ0n) is 11.4. The normalized spacial score (nSPS) is 22.3. The van der Waals surface area contributed by atoms with Gasteiger partial charge in [-0.2, -0.15) is 0 Å². The molecule has 3 heteroatoms. The molecule has 1 fully saturated rings. The Labute approximate surface area is 113 Å². The topological polar surface area (TPSA) is 36.4 Å². The lowest BCUT2D eigenvalue weighted by molar-refractivity contribution is 0.833. The summed E-state index contributed by atoms with van der Waals surface area (Å²) in [5.41, 5.74) is 1.45. The van der Waals surface area contributed by atoms with Crippen LogP contribution in [0.3, 0.4) is 0 Å². The van der Waals surface area contributed by atoms with Gasteiger partial charge in [-0.1, -0.05) is 42.5 Å². The molecule has 0 saturated heterocycles. The highest BCUT2D eigenvalue weighted by Gasteiger charge is 2.39. The van der Waals surface area contributed by atoms with Crippen molar-refractivity contribution in [3.05, 3.63) is 48.0 Å². The molecule has 0 bridgehead atoms. The fourth-order valence-electron chi connectivity index (χ4n) is 2.70. The first kappa shape index (κ1) is 12.0. The van der Waals surface area contributed by atoms with E-state index in [1.807, 2.05) is 7.05 Å². The second-order valence-electron chi connectivity index (χ2n) is 4.98. The fraction of sp³-hybridized carbons (Fsp3) is 0.312. The molecular formula is C16H19N3. The van der Waals surface area contributed by atoms with Crippen molar-refractivity contribution < 1.29 is 0 Å². The van der Waals surface area contributed by atoms with Crippen molar-refractivity contribution >= 4 is 16.7 Å². The van der Waals surface area contributed by atoms with Crippen molar-refractivity contribution in [3.63, 3.8) is 0 Å². The van der Waals surface area contributed by atoms with Gasteiger partial charge < -0.3 is 10.6 Å². The lowest BCUT2D eigenvalue weighted by atomic mass is 10.0. The Morgan fingerprint density at radius 3 is 2.74 bits per heavy atom. The summed E-state index contributed by atoms with van der Waals surface area (Å²) in [6.45, 7) is 0. The quantitative estimate of drug-likeness (QED) is 0.637. The summed E-state index contributed by atoms with van der Waals surface area (Å²) < 4.78 is 0. The van der Waals surface area contributed by atoms with Gasteiger partial charge in [0.25, 0.3) is 0 Å². The van der Waals surface area contributed by atoms with Gasteiger partial charge >= 0.3 is 0 Å². The molecule has 1 saturated carbocycles. The second-order valence-corrected chi connectivity index (χ2v) is 4.98. The van der Waals surface area contributed by atoms with Gasteiger partial charge in [0.1, 0.15) is 0 Å². The van der Waals surface area contributed by atoms with E-state index in [0.29, 0.717) is 12.0 Å². The number of rotatable bonds is 2. The van der Waals surface area contributed by atoms with E-state index < -0.39 is 0 Å². The number of benzene rings is 2. The molecular weight excluding hydrogens is 234 g/mol. The smallest absolute Gasteiger partial charge is 0.190 e. The van der Waals surface area contributed by atoms with Crippen LogP contribution in [0, 0.1) is 0 Å². The van der Waals surface area contributed by atoms with E-state index in [0.717, 1.165) is 5.96 Å². The number of hydrogen-bond acceptors (Lipinski definition) is 1. The third kappa shape index (κ3) is 2.28. The van der Waals surface area contributed by atoms with Crippen LogP contribution in [-0.4, -0.2) is 26.1 Å². The van der Waals surface area contributed by atoms with Crippen LogP contribution >= 0.6 is 0 Å². The Hall–Kier alpha value is -2.03. The van der Waals surface area contributed by atoms with Gasteiger partial charge in [-0.15, -0.1) is 0 Å². The Kier molecular flexibility index (Phi) is 3.11. The van der Waals surface area contributed by atoms with Gasteiger partial charge in [0, 0.05) is 26.1 Å². The largest absolute Gasteiger partial charge is 0.359 e. The number of hydrogen-bond donors (Lipinski definition) is 2. The highest BCUT2D eigenvalue weighted by atomic mass is 15.2. The van der Waals surface area contributed by atoms with Crippen LogP contribution in [-0.2, 0) is 0 Å². The molecule has 3 rings (SSSR count). The minimum atomic E-state index is 0.497. The van der Waals surface area contributed by atoms with Crippen molar-refractivity contribution in [2.45, 2.75) is 18.4 Å². The van der Waals surface area contributed by atoms with E-state index in [4.69, 9.17) is 0 Å². The predicted molar refractivity (Wildman–Crippen MR) is 80.6 cm³/mol. The third-order valence-electron chi connectivity index (χ3n) is 3.80. The van der Waals surface area contributed by atoms with Crippen LogP contribution < -0.4 is 10.6 Å². The van der Waals surface area contributed by atoms with Gasteiger partial charge in [-0.25, -0.2) is 0 Å². The van der Waals surface area contributed by atoms with E-state index in [1.54, 1.807) is 7.05 Å². The third-order valence-corrected chi connectivity index (χ3v) is 3.80. The molecule has 1 aliphatic rings. The molecule has 2 aromatic carbocycles. The van der Waals surface area contributed by atoms with Crippen molar-refractivity contribution in [2.24, 2.45) is 4.99 Å². The van der Waals surface area contributed by atoms with Crippen molar-refractivity contribution in [1.29, 1.82) is 0 Å². The van der Waals surface area contributed by atoms with E-state index >= 15 is 0 Å². The van der Waals surface area contributed by atoms with Crippen molar-refractivity contribution in [3.8, 4) is 0 Å². The van der Waals surface area contributed by atoms with Crippen LogP contribution in [0.25, 0.3) is 10.8 Å². The summed E-state index contributed by atoms with van der Waals surface area (Å²) in [6, 6.07) is 15.7. The summed E-state index contributed by atoms with van der Waals surface area (Å²) in [7, 11) is 3.69. The molecule has 2 aromatic rings. The molecule has 2 N–H and O–H groups in total. The molecule has 0 aliphatic heterocycles. The first-order chi connectivity index (χ1) is 9.33. The summed E-state index contributed by atoms with van der Waals surface area (Å²) in [6.07, 6.45) is 1.18. The highest BCUT2D eigenvalue weighted by Crippen LogP contribution is 2.43. The van der Waals surface area contributed by atoms with E-state index in [-0.39, 0.29) is 0 Å². The molecule has 0 aromatic heterocycles. The number of nitrogens with one attached hydrogen (secondary N) is 2. The van der Waals surface area contributed by atoms with E-state index in [2.05, 4.69) is 58.1 Å². The van der Waals surface area contributed by atoms with Gasteiger partial charge in [0.2, 0.25) is 0 Å². The summed E-state index contributed by atoms with van der Waals surface area (Å²) >= 11 is 0. The van der Waals surface area contributed by atoms with Gasteiger partial charge in [0.15, 0.2) is 5.96 Å². The molecule has 98 valence electrons. The molecule has 0 heterocycles. The number of nitrogens with zero attached hydrogens (tertiary/aromatic N) is 1. The molecule has 3 nitrogen and oxygen atoms in total. The van der Waals surface area contributed by atoms with Crippen molar-refractivity contribution in [1.82, 2.24) is 10.6 Å². The molecule has 0 unspecified atom stereocenters. The standard InChI is InChI=1S/C16H19N3/c1-17-16(18-2)19-15-10-14(15)13-9-5-7-11-6-3-4-8-12(11)13/h3-9,14-15H,10H2,1-2H3,(H2,17,18,19)/t14-,15+/m0/s1. The summed E-state index contributed by atoms with van der Waals surface area (Å²) in [5.74, 6) is 1.46. The maximum Gasteiger partial charge on any atom is 0.190 e. The van der Waals surface area contributed by atoms with Gasteiger partial charge in [-0.3, -0.25) is 4.99 Å². The predicted octanol–water partition coefficient (Wildman–Crippen LogP) is 2.49. The zero-order valence-corrected chi connectivity index (χ0v) is 11.4. The SMILES string of the molecule is CN=C(NC)N[C@@H]1C[C@H]1c1cccc2ccccc12. The lowest BCUT2D eigenvalue weighted by Gasteiger charge is -2.09. The van der Waals surface area contributed by atoms with Crippen LogP contribution in [0.15, 0.2) is 47.5 Å². The fourth-order valence-corrected chi connectivity index (χ4v) is 2.70. The minimum Gasteiger partial charge on any atom is -0.359 e. The molecule has 19 heavy (non-hydrogen) atoms. The van der Waals surface area contributed by atoms with E-state index in [9.17, 15) is 0 Å². The number of fused-ring (bicyclic) bond motifs is 1. The summed E-state index contributed by atoms with van der Waals surface area (Å²) in [4.78, 5) is 4.17. The first-order valence-electron chi connectivity index (χ1n) is 6.72. The molecule has 2 atom stereocenters. The van der Waals surface area contributed by atoms with Crippen LogP contribution in [0.1, 0.15) is 17.9 Å². The van der Waals surface area contributed by atoms with Gasteiger partial charge in [-0.05, 0) is 22.8 Å². The highest BCUT2D eigenvalue weighted by molar-refractivity contribution is 5.87. The first-order valence-corrected chi connectivity index (χ1v) is 6.72. The van der Waals surface area contributed by atoms with Crippen LogP contribution in [0.4, 0.5) is 0 Å². The maximum absolute atomic E-state index is 4.17. The number of aliphatic imine (C=N–C) groups is 1. The van der Waals surface area contributed by atoms with E-state index in [1.165, 1.54) is 22.8 Å². The molecule has 0 radical (unpaired) electrons. The van der Waals surface area contributed by atoms with Gasteiger partial charge in [0.05, 0.1) is 0 Å². The molecule has 0 spiro atoms.